The molecule has 0 spiro atoms. The number of hydrogen-bond donors (Lipinski definition) is 1. The Morgan fingerprint density at radius 2 is 1.94 bits per heavy atom. The first-order valence-electron chi connectivity index (χ1n) is 11.2. The molecule has 0 saturated heterocycles. The fraction of sp³-hybridized carbons (Fsp3) is 0.192. The summed E-state index contributed by atoms with van der Waals surface area (Å²) in [4.78, 5) is 13.5. The van der Waals surface area contributed by atoms with E-state index in [-0.39, 0.29) is 17.8 Å². The van der Waals surface area contributed by atoms with E-state index >= 15 is 0 Å². The van der Waals surface area contributed by atoms with E-state index in [4.69, 9.17) is 15.5 Å². The summed E-state index contributed by atoms with van der Waals surface area (Å²) in [6.07, 6.45) is 5.59. The highest BCUT2D eigenvalue weighted by Crippen LogP contribution is 2.40. The molecule has 3 aromatic heterocycles. The Morgan fingerprint density at radius 1 is 1.09 bits per heavy atom. The van der Waals surface area contributed by atoms with Gasteiger partial charge in [-0.1, -0.05) is 0 Å². The van der Waals surface area contributed by atoms with E-state index in [1.807, 2.05) is 18.2 Å². The average molecular weight is 455 g/mol. The lowest BCUT2D eigenvalue weighted by Gasteiger charge is -2.19. The van der Waals surface area contributed by atoms with E-state index in [9.17, 15) is 4.39 Å². The lowest BCUT2D eigenvalue weighted by Crippen LogP contribution is -2.13. The van der Waals surface area contributed by atoms with Gasteiger partial charge in [0.25, 0.3) is 0 Å². The number of imidazole rings is 1. The number of ether oxygens (including phenoxy) is 1. The number of aromatic nitrogens is 5. The van der Waals surface area contributed by atoms with Crippen LogP contribution in [0.15, 0.2) is 67.0 Å². The summed E-state index contributed by atoms with van der Waals surface area (Å²) in [6, 6.07) is 16.7. The molecule has 0 amide bonds. The maximum Gasteiger partial charge on any atom is 0.220 e. The first kappa shape index (κ1) is 20.4. The fourth-order valence-corrected chi connectivity index (χ4v) is 4.90. The number of hydrogen-bond acceptors (Lipinski definition) is 5. The van der Waals surface area contributed by atoms with Crippen LogP contribution in [0.5, 0.6) is 5.75 Å². The van der Waals surface area contributed by atoms with E-state index in [0.717, 1.165) is 58.8 Å². The number of aryl methyl sites for hydroxylation is 1. The minimum atomic E-state index is -0.280. The molecule has 1 aliphatic rings. The van der Waals surface area contributed by atoms with Crippen LogP contribution in [-0.2, 0) is 13.0 Å². The molecule has 8 heteroatoms. The molecule has 0 saturated carbocycles. The van der Waals surface area contributed by atoms with Crippen molar-refractivity contribution in [3.05, 3.63) is 78.6 Å². The van der Waals surface area contributed by atoms with Crippen molar-refractivity contribution < 1.29 is 9.13 Å². The lowest BCUT2D eigenvalue weighted by molar-refractivity contribution is 0.415. The molecule has 170 valence electrons. The predicted octanol–water partition coefficient (Wildman–Crippen LogP) is 4.88. The Bertz CT molecular complexity index is 1500. The van der Waals surface area contributed by atoms with Crippen molar-refractivity contribution in [1.82, 2.24) is 24.1 Å². The first-order valence-corrected chi connectivity index (χ1v) is 11.2. The molecule has 1 aliphatic heterocycles. The monoisotopic (exact) mass is 454 g/mol. The topological polar surface area (TPSA) is 83.8 Å². The molecule has 7 nitrogen and oxygen atoms in total. The second-order valence-electron chi connectivity index (χ2n) is 8.49. The standard InChI is InChI=1S/C26H23FN6O/c1-34-20-7-8-22-17(14-20)11-13-32(22)15-19-6-9-23-31-24(16-2-4-18(27)5-3-16)25(33(19)23)21-10-12-29-26(28)30-21/h2-5,7-8,10-14,19H,6,9,15H2,1H3,(H2,28,29,30)/t19-/m0/s1. The third-order valence-corrected chi connectivity index (χ3v) is 6.47. The van der Waals surface area contributed by atoms with E-state index in [2.05, 4.69) is 37.4 Å². The van der Waals surface area contributed by atoms with Crippen molar-refractivity contribution in [2.24, 2.45) is 0 Å². The van der Waals surface area contributed by atoms with E-state index in [0.29, 0.717) is 5.69 Å². The van der Waals surface area contributed by atoms with Crippen LogP contribution >= 0.6 is 0 Å². The summed E-state index contributed by atoms with van der Waals surface area (Å²) in [5.41, 5.74) is 10.3. The molecular weight excluding hydrogens is 431 g/mol. The van der Waals surface area contributed by atoms with Crippen molar-refractivity contribution in [1.29, 1.82) is 0 Å². The number of rotatable bonds is 5. The van der Waals surface area contributed by atoms with Crippen LogP contribution in [0.3, 0.4) is 0 Å². The van der Waals surface area contributed by atoms with Crippen molar-refractivity contribution in [2.75, 3.05) is 12.8 Å². The molecule has 6 rings (SSSR count). The molecule has 2 aromatic carbocycles. The predicted molar refractivity (Wildman–Crippen MR) is 129 cm³/mol. The molecule has 5 aromatic rings. The molecule has 4 heterocycles. The summed E-state index contributed by atoms with van der Waals surface area (Å²) >= 11 is 0. The summed E-state index contributed by atoms with van der Waals surface area (Å²) in [5.74, 6) is 1.76. The van der Waals surface area contributed by atoms with Crippen molar-refractivity contribution in [3.8, 4) is 28.4 Å². The number of halogens is 1. The lowest BCUT2D eigenvalue weighted by atomic mass is 10.1. The summed E-state index contributed by atoms with van der Waals surface area (Å²) in [7, 11) is 1.68. The van der Waals surface area contributed by atoms with Crippen LogP contribution in [0, 0.1) is 5.82 Å². The zero-order valence-electron chi connectivity index (χ0n) is 18.6. The molecule has 0 radical (unpaired) electrons. The zero-order valence-corrected chi connectivity index (χ0v) is 18.6. The third kappa shape index (κ3) is 3.39. The molecule has 0 fully saturated rings. The van der Waals surface area contributed by atoms with Gasteiger partial charge in [0.1, 0.15) is 17.4 Å². The van der Waals surface area contributed by atoms with Gasteiger partial charge in [-0.05, 0) is 61.0 Å². The Balaban J connectivity index is 1.46. The first-order chi connectivity index (χ1) is 16.6. The SMILES string of the molecule is COc1ccc2c(ccn2C[C@@H]2CCc3nc(-c4ccc(F)cc4)c(-c4ccnc(N)n4)n32)c1. The normalized spacial score (nSPS) is 15.1. The Kier molecular flexibility index (Phi) is 4.79. The highest BCUT2D eigenvalue weighted by atomic mass is 19.1. The van der Waals surface area contributed by atoms with E-state index in [1.165, 1.54) is 12.1 Å². The zero-order chi connectivity index (χ0) is 23.2. The van der Waals surface area contributed by atoms with Gasteiger partial charge in [-0.15, -0.1) is 0 Å². The molecule has 34 heavy (non-hydrogen) atoms. The Labute approximate surface area is 195 Å². The second kappa shape index (κ2) is 7.98. The number of methoxy groups -OCH3 is 1. The summed E-state index contributed by atoms with van der Waals surface area (Å²) in [5, 5.41) is 1.14. The van der Waals surface area contributed by atoms with Crippen molar-refractivity contribution >= 4 is 16.9 Å². The number of fused-ring (bicyclic) bond motifs is 2. The summed E-state index contributed by atoms with van der Waals surface area (Å²) < 4.78 is 23.5. The highest BCUT2D eigenvalue weighted by Gasteiger charge is 2.31. The van der Waals surface area contributed by atoms with Crippen LogP contribution in [0.1, 0.15) is 18.3 Å². The van der Waals surface area contributed by atoms with Crippen molar-refractivity contribution in [3.63, 3.8) is 0 Å². The third-order valence-electron chi connectivity index (χ3n) is 6.47. The Hall–Kier alpha value is -4.20. The number of nitrogens with zero attached hydrogens (tertiary/aromatic N) is 5. The quantitative estimate of drug-likeness (QED) is 0.409. The van der Waals surface area contributed by atoms with Crippen LogP contribution in [0.25, 0.3) is 33.5 Å². The molecule has 2 N–H and O–H groups in total. The maximum atomic E-state index is 13.6. The minimum absolute atomic E-state index is 0.181. The number of anilines is 1. The van der Waals surface area contributed by atoms with Gasteiger partial charge in [-0.25, -0.2) is 19.3 Å². The van der Waals surface area contributed by atoms with Gasteiger partial charge in [0.2, 0.25) is 5.95 Å². The average Bonchev–Trinajstić information content (AvgIpc) is 3.54. The molecule has 1 atom stereocenters. The largest absolute Gasteiger partial charge is 0.497 e. The van der Waals surface area contributed by atoms with Gasteiger partial charge in [-0.2, -0.15) is 0 Å². The number of nitrogens with two attached hydrogens (primary N) is 1. The molecule has 0 aliphatic carbocycles. The van der Waals surface area contributed by atoms with Crippen molar-refractivity contribution in [2.45, 2.75) is 25.4 Å². The van der Waals surface area contributed by atoms with Crippen LogP contribution in [-0.4, -0.2) is 31.2 Å². The number of benzene rings is 2. The minimum Gasteiger partial charge on any atom is -0.497 e. The van der Waals surface area contributed by atoms with Gasteiger partial charge in [-0.3, -0.25) is 0 Å². The highest BCUT2D eigenvalue weighted by molar-refractivity contribution is 5.82. The second-order valence-corrected chi connectivity index (χ2v) is 8.49. The van der Waals surface area contributed by atoms with Gasteiger partial charge < -0.3 is 19.6 Å². The van der Waals surface area contributed by atoms with Gasteiger partial charge in [0.05, 0.1) is 30.2 Å². The van der Waals surface area contributed by atoms with Crippen LogP contribution < -0.4 is 10.5 Å². The smallest absolute Gasteiger partial charge is 0.220 e. The van der Waals surface area contributed by atoms with Gasteiger partial charge in [0.15, 0.2) is 0 Å². The Morgan fingerprint density at radius 3 is 2.74 bits per heavy atom. The van der Waals surface area contributed by atoms with E-state index in [1.54, 1.807) is 25.4 Å². The maximum absolute atomic E-state index is 13.6. The molecule has 0 unspecified atom stereocenters. The van der Waals surface area contributed by atoms with Crippen LogP contribution in [0.4, 0.5) is 10.3 Å². The van der Waals surface area contributed by atoms with Gasteiger partial charge >= 0.3 is 0 Å². The van der Waals surface area contributed by atoms with E-state index < -0.39 is 0 Å². The van der Waals surface area contributed by atoms with Crippen LogP contribution in [0.2, 0.25) is 0 Å². The number of nitrogen functional groups attached to an aromatic ring is 1. The molecular formula is C26H23FN6O. The van der Waals surface area contributed by atoms with Gasteiger partial charge in [0, 0.05) is 41.8 Å². The summed E-state index contributed by atoms with van der Waals surface area (Å²) in [6.45, 7) is 0.787. The fourth-order valence-electron chi connectivity index (χ4n) is 4.90. The molecule has 0 bridgehead atoms.